The Labute approximate surface area is 111 Å². The van der Waals surface area contributed by atoms with Gasteiger partial charge in [-0.05, 0) is 30.5 Å². The highest BCUT2D eigenvalue weighted by Crippen LogP contribution is 2.21. The summed E-state index contributed by atoms with van der Waals surface area (Å²) in [6.45, 7) is 7.23. The lowest BCUT2D eigenvalue weighted by molar-refractivity contribution is 0.519. The fourth-order valence-corrected chi connectivity index (χ4v) is 2.50. The van der Waals surface area contributed by atoms with Gasteiger partial charge in [-0.2, -0.15) is 0 Å². The Morgan fingerprint density at radius 3 is 2.33 bits per heavy atom. The highest BCUT2D eigenvalue weighted by atomic mass is 32.2. The van der Waals surface area contributed by atoms with Crippen molar-refractivity contribution in [2.24, 2.45) is 5.92 Å². The average molecular weight is 269 g/mol. The standard InChI is InChI=1S/C14H23NO2S/c1-5-12(6-2)10-15-14-9-13(18(4,16)17)8-7-11(14)3/h7-9,12,15H,5-6,10H2,1-4H3. The molecule has 18 heavy (non-hydrogen) atoms. The number of rotatable bonds is 6. The second-order valence-electron chi connectivity index (χ2n) is 4.81. The van der Waals surface area contributed by atoms with Crippen LogP contribution in [0, 0.1) is 12.8 Å². The van der Waals surface area contributed by atoms with Gasteiger partial charge in [-0.1, -0.05) is 32.8 Å². The summed E-state index contributed by atoms with van der Waals surface area (Å²) >= 11 is 0. The Kier molecular flexibility index (Phi) is 5.20. The maximum absolute atomic E-state index is 11.5. The van der Waals surface area contributed by atoms with E-state index in [1.807, 2.05) is 13.0 Å². The van der Waals surface area contributed by atoms with E-state index in [0.717, 1.165) is 30.6 Å². The summed E-state index contributed by atoms with van der Waals surface area (Å²) in [5.74, 6) is 0.631. The molecule has 0 heterocycles. The minimum atomic E-state index is -3.13. The molecule has 4 heteroatoms. The van der Waals surface area contributed by atoms with Crippen molar-refractivity contribution in [2.45, 2.75) is 38.5 Å². The Bertz CT molecular complexity index is 491. The molecule has 0 radical (unpaired) electrons. The minimum Gasteiger partial charge on any atom is -0.385 e. The summed E-state index contributed by atoms with van der Waals surface area (Å²) in [6, 6.07) is 5.24. The normalized spacial score (nSPS) is 11.8. The van der Waals surface area contributed by atoms with Gasteiger partial charge in [0.2, 0.25) is 0 Å². The van der Waals surface area contributed by atoms with Crippen molar-refractivity contribution in [3.05, 3.63) is 23.8 Å². The van der Waals surface area contributed by atoms with E-state index in [2.05, 4.69) is 19.2 Å². The summed E-state index contributed by atoms with van der Waals surface area (Å²) in [7, 11) is -3.13. The van der Waals surface area contributed by atoms with Gasteiger partial charge in [0.1, 0.15) is 0 Å². The molecule has 0 saturated heterocycles. The van der Waals surface area contributed by atoms with Gasteiger partial charge in [-0.25, -0.2) is 8.42 Å². The number of hydrogen-bond donors (Lipinski definition) is 1. The molecule has 0 aliphatic heterocycles. The van der Waals surface area contributed by atoms with Crippen LogP contribution < -0.4 is 5.32 Å². The number of nitrogens with one attached hydrogen (secondary N) is 1. The Morgan fingerprint density at radius 2 is 1.83 bits per heavy atom. The number of hydrogen-bond acceptors (Lipinski definition) is 3. The Hall–Kier alpha value is -1.03. The number of anilines is 1. The van der Waals surface area contributed by atoms with Crippen molar-refractivity contribution in [1.82, 2.24) is 0 Å². The molecule has 0 fully saturated rings. The van der Waals surface area contributed by atoms with Gasteiger partial charge in [-0.15, -0.1) is 0 Å². The molecule has 0 bridgehead atoms. The van der Waals surface area contributed by atoms with Crippen molar-refractivity contribution in [3.8, 4) is 0 Å². The molecular formula is C14H23NO2S. The lowest BCUT2D eigenvalue weighted by Crippen LogP contribution is -2.13. The maximum atomic E-state index is 11.5. The molecule has 102 valence electrons. The first-order chi connectivity index (χ1) is 8.38. The zero-order valence-corrected chi connectivity index (χ0v) is 12.5. The quantitative estimate of drug-likeness (QED) is 0.862. The van der Waals surface area contributed by atoms with Crippen LogP contribution in [0.5, 0.6) is 0 Å². The SMILES string of the molecule is CCC(CC)CNc1cc(S(C)(=O)=O)ccc1C. The highest BCUT2D eigenvalue weighted by Gasteiger charge is 2.10. The van der Waals surface area contributed by atoms with Gasteiger partial charge in [0.05, 0.1) is 4.90 Å². The van der Waals surface area contributed by atoms with Crippen molar-refractivity contribution in [2.75, 3.05) is 18.1 Å². The first kappa shape index (κ1) is 15.0. The smallest absolute Gasteiger partial charge is 0.175 e. The van der Waals surface area contributed by atoms with E-state index in [1.54, 1.807) is 12.1 Å². The Balaban J connectivity index is 2.88. The number of sulfone groups is 1. The predicted molar refractivity (Wildman–Crippen MR) is 76.9 cm³/mol. The third kappa shape index (κ3) is 4.02. The van der Waals surface area contributed by atoms with E-state index in [1.165, 1.54) is 6.26 Å². The molecule has 0 spiro atoms. The molecule has 3 nitrogen and oxygen atoms in total. The topological polar surface area (TPSA) is 46.2 Å². The van der Waals surface area contributed by atoms with Crippen LogP contribution in [0.15, 0.2) is 23.1 Å². The van der Waals surface area contributed by atoms with E-state index in [-0.39, 0.29) is 0 Å². The monoisotopic (exact) mass is 269 g/mol. The highest BCUT2D eigenvalue weighted by molar-refractivity contribution is 7.90. The molecule has 1 aromatic carbocycles. The Morgan fingerprint density at radius 1 is 1.22 bits per heavy atom. The van der Waals surface area contributed by atoms with E-state index in [0.29, 0.717) is 10.8 Å². The van der Waals surface area contributed by atoms with Gasteiger partial charge in [-0.3, -0.25) is 0 Å². The van der Waals surface area contributed by atoms with Crippen LogP contribution in [0.3, 0.4) is 0 Å². The van der Waals surface area contributed by atoms with Gasteiger partial charge in [0.15, 0.2) is 9.84 Å². The molecule has 0 aliphatic carbocycles. The molecule has 1 rings (SSSR count). The van der Waals surface area contributed by atoms with Crippen LogP contribution in [-0.2, 0) is 9.84 Å². The van der Waals surface area contributed by atoms with E-state index in [4.69, 9.17) is 0 Å². The molecule has 0 aliphatic rings. The van der Waals surface area contributed by atoms with Gasteiger partial charge in [0, 0.05) is 18.5 Å². The molecular weight excluding hydrogens is 246 g/mol. The van der Waals surface area contributed by atoms with Gasteiger partial charge < -0.3 is 5.32 Å². The second-order valence-corrected chi connectivity index (χ2v) is 6.83. The van der Waals surface area contributed by atoms with Crippen molar-refractivity contribution in [3.63, 3.8) is 0 Å². The van der Waals surface area contributed by atoms with Crippen LogP contribution in [0.2, 0.25) is 0 Å². The first-order valence-corrected chi connectivity index (χ1v) is 8.32. The van der Waals surface area contributed by atoms with Crippen molar-refractivity contribution >= 4 is 15.5 Å². The lowest BCUT2D eigenvalue weighted by Gasteiger charge is -2.16. The van der Waals surface area contributed by atoms with Gasteiger partial charge in [0.25, 0.3) is 0 Å². The molecule has 0 aromatic heterocycles. The zero-order chi connectivity index (χ0) is 13.8. The molecule has 0 amide bonds. The fourth-order valence-electron chi connectivity index (χ4n) is 1.85. The van der Waals surface area contributed by atoms with E-state index >= 15 is 0 Å². The minimum absolute atomic E-state index is 0.375. The van der Waals surface area contributed by atoms with Crippen LogP contribution in [0.1, 0.15) is 32.3 Å². The second kappa shape index (κ2) is 6.23. The lowest BCUT2D eigenvalue weighted by atomic mass is 10.0. The predicted octanol–water partition coefficient (Wildman–Crippen LogP) is 3.25. The van der Waals surface area contributed by atoms with Gasteiger partial charge >= 0.3 is 0 Å². The van der Waals surface area contributed by atoms with Crippen molar-refractivity contribution < 1.29 is 8.42 Å². The zero-order valence-electron chi connectivity index (χ0n) is 11.7. The summed E-state index contributed by atoms with van der Waals surface area (Å²) in [5.41, 5.74) is 2.00. The summed E-state index contributed by atoms with van der Waals surface area (Å²) in [4.78, 5) is 0.375. The number of benzene rings is 1. The molecule has 1 aromatic rings. The molecule has 0 atom stereocenters. The summed E-state index contributed by atoms with van der Waals surface area (Å²) < 4.78 is 23.0. The van der Waals surface area contributed by atoms with Crippen LogP contribution in [-0.4, -0.2) is 21.2 Å². The summed E-state index contributed by atoms with van der Waals surface area (Å²) in [6.07, 6.45) is 3.50. The first-order valence-electron chi connectivity index (χ1n) is 6.43. The molecule has 1 N–H and O–H groups in total. The average Bonchev–Trinajstić information content (AvgIpc) is 2.31. The third-order valence-corrected chi connectivity index (χ3v) is 4.48. The summed E-state index contributed by atoms with van der Waals surface area (Å²) in [5, 5.41) is 3.36. The molecule has 0 unspecified atom stereocenters. The fraction of sp³-hybridized carbons (Fsp3) is 0.571. The molecule has 0 saturated carbocycles. The van der Waals surface area contributed by atoms with Crippen LogP contribution in [0.4, 0.5) is 5.69 Å². The van der Waals surface area contributed by atoms with E-state index < -0.39 is 9.84 Å². The number of aryl methyl sites for hydroxylation is 1. The largest absolute Gasteiger partial charge is 0.385 e. The maximum Gasteiger partial charge on any atom is 0.175 e. The van der Waals surface area contributed by atoms with Crippen LogP contribution in [0.25, 0.3) is 0 Å². The van der Waals surface area contributed by atoms with Crippen molar-refractivity contribution in [1.29, 1.82) is 0 Å². The van der Waals surface area contributed by atoms with Crippen LogP contribution >= 0.6 is 0 Å². The van der Waals surface area contributed by atoms with E-state index in [9.17, 15) is 8.42 Å². The third-order valence-electron chi connectivity index (χ3n) is 3.37.